The van der Waals surface area contributed by atoms with Crippen LogP contribution in [0.4, 0.5) is 0 Å². The summed E-state index contributed by atoms with van der Waals surface area (Å²) in [5.74, 6) is 0.779. The molecule has 0 atom stereocenters. The molecule has 0 saturated heterocycles. The molecule has 2 nitrogen and oxygen atoms in total. The van der Waals surface area contributed by atoms with E-state index in [1.165, 1.54) is 29.7 Å². The van der Waals surface area contributed by atoms with E-state index in [2.05, 4.69) is 37.2 Å². The van der Waals surface area contributed by atoms with Gasteiger partial charge < -0.3 is 0 Å². The molecule has 0 aromatic carbocycles. The van der Waals surface area contributed by atoms with Crippen molar-refractivity contribution in [1.29, 1.82) is 0 Å². The third-order valence-corrected chi connectivity index (χ3v) is 3.07. The van der Waals surface area contributed by atoms with Crippen molar-refractivity contribution in [3.63, 3.8) is 0 Å². The summed E-state index contributed by atoms with van der Waals surface area (Å²) < 4.78 is 1.94. The van der Waals surface area contributed by atoms with Crippen molar-refractivity contribution < 1.29 is 0 Å². The Morgan fingerprint density at radius 2 is 2.25 bits per heavy atom. The normalized spacial score (nSPS) is 14.9. The molecule has 0 aliphatic heterocycles. The molecule has 1 aliphatic rings. The lowest BCUT2D eigenvalue weighted by Gasteiger charge is -2.06. The minimum atomic E-state index is 0.779. The SMILES string of the molecule is CC(C)CCC1=Cc2cnn(C)c2C=CC1. The highest BCUT2D eigenvalue weighted by molar-refractivity contribution is 5.66. The van der Waals surface area contributed by atoms with Gasteiger partial charge in [-0.3, -0.25) is 4.68 Å². The van der Waals surface area contributed by atoms with Gasteiger partial charge in [0.1, 0.15) is 0 Å². The summed E-state index contributed by atoms with van der Waals surface area (Å²) in [6.07, 6.45) is 12.3. The van der Waals surface area contributed by atoms with E-state index < -0.39 is 0 Å². The van der Waals surface area contributed by atoms with Gasteiger partial charge in [-0.05, 0) is 31.3 Å². The topological polar surface area (TPSA) is 17.8 Å². The van der Waals surface area contributed by atoms with Gasteiger partial charge in [0.05, 0.1) is 11.9 Å². The van der Waals surface area contributed by atoms with E-state index in [4.69, 9.17) is 0 Å². The van der Waals surface area contributed by atoms with E-state index in [0.717, 1.165) is 12.3 Å². The largest absolute Gasteiger partial charge is 0.268 e. The molecule has 1 aliphatic carbocycles. The molecule has 0 radical (unpaired) electrons. The quantitative estimate of drug-likeness (QED) is 0.754. The highest BCUT2D eigenvalue weighted by Crippen LogP contribution is 2.24. The molecule has 0 amide bonds. The van der Waals surface area contributed by atoms with Crippen LogP contribution in [0, 0.1) is 5.92 Å². The molecule has 0 fully saturated rings. The first-order valence-electron chi connectivity index (χ1n) is 6.05. The van der Waals surface area contributed by atoms with Crippen molar-refractivity contribution in [2.24, 2.45) is 13.0 Å². The van der Waals surface area contributed by atoms with Crippen LogP contribution in [0.15, 0.2) is 17.8 Å². The predicted molar refractivity (Wildman–Crippen MR) is 68.9 cm³/mol. The molecule has 1 aromatic heterocycles. The Bertz CT molecular complexity index is 422. The predicted octanol–water partition coefficient (Wildman–Crippen LogP) is 3.66. The van der Waals surface area contributed by atoms with E-state index in [1.807, 2.05) is 17.9 Å². The summed E-state index contributed by atoms with van der Waals surface area (Å²) >= 11 is 0. The van der Waals surface area contributed by atoms with Crippen molar-refractivity contribution in [2.45, 2.75) is 33.1 Å². The van der Waals surface area contributed by atoms with Gasteiger partial charge in [-0.25, -0.2) is 0 Å². The highest BCUT2D eigenvalue weighted by Gasteiger charge is 2.08. The molecular weight excluding hydrogens is 196 g/mol. The average molecular weight is 216 g/mol. The zero-order valence-electron chi connectivity index (χ0n) is 10.4. The first-order valence-corrected chi connectivity index (χ1v) is 6.05. The third-order valence-electron chi connectivity index (χ3n) is 3.07. The number of rotatable bonds is 3. The van der Waals surface area contributed by atoms with Crippen LogP contribution in [-0.2, 0) is 7.05 Å². The van der Waals surface area contributed by atoms with Crippen LogP contribution < -0.4 is 0 Å². The lowest BCUT2D eigenvalue weighted by Crippen LogP contribution is -1.92. The maximum Gasteiger partial charge on any atom is 0.0675 e. The monoisotopic (exact) mass is 216 g/mol. The van der Waals surface area contributed by atoms with Crippen LogP contribution in [0.1, 0.15) is 44.4 Å². The third kappa shape index (κ3) is 2.43. The fourth-order valence-corrected chi connectivity index (χ4v) is 2.03. The molecule has 16 heavy (non-hydrogen) atoms. The number of nitrogens with zero attached hydrogens (tertiary/aromatic N) is 2. The molecule has 0 bridgehead atoms. The molecule has 2 rings (SSSR count). The van der Waals surface area contributed by atoms with Gasteiger partial charge in [-0.15, -0.1) is 0 Å². The Morgan fingerprint density at radius 3 is 3.00 bits per heavy atom. The van der Waals surface area contributed by atoms with Gasteiger partial charge in [-0.1, -0.05) is 31.6 Å². The van der Waals surface area contributed by atoms with E-state index in [-0.39, 0.29) is 0 Å². The summed E-state index contributed by atoms with van der Waals surface area (Å²) in [5, 5.41) is 4.29. The van der Waals surface area contributed by atoms with Crippen LogP contribution >= 0.6 is 0 Å². The van der Waals surface area contributed by atoms with Crippen molar-refractivity contribution in [2.75, 3.05) is 0 Å². The zero-order valence-corrected chi connectivity index (χ0v) is 10.4. The molecule has 2 heteroatoms. The number of aromatic nitrogens is 2. The van der Waals surface area contributed by atoms with Crippen LogP contribution in [0.25, 0.3) is 12.2 Å². The van der Waals surface area contributed by atoms with Crippen LogP contribution in [-0.4, -0.2) is 9.78 Å². The number of aryl methyl sites for hydroxylation is 1. The van der Waals surface area contributed by atoms with E-state index in [0.29, 0.717) is 0 Å². The number of fused-ring (bicyclic) bond motifs is 1. The Labute approximate surface area is 97.7 Å². The number of allylic oxidation sites excluding steroid dienone is 2. The molecule has 1 heterocycles. The van der Waals surface area contributed by atoms with Crippen molar-refractivity contribution in [3.05, 3.63) is 29.1 Å². The Kier molecular flexibility index (Phi) is 3.28. The second kappa shape index (κ2) is 4.69. The van der Waals surface area contributed by atoms with Crippen LogP contribution in [0.3, 0.4) is 0 Å². The molecule has 0 spiro atoms. The van der Waals surface area contributed by atoms with Gasteiger partial charge >= 0.3 is 0 Å². The van der Waals surface area contributed by atoms with Gasteiger partial charge in [0.15, 0.2) is 0 Å². The zero-order chi connectivity index (χ0) is 11.5. The molecule has 1 aromatic rings. The lowest BCUT2D eigenvalue weighted by molar-refractivity contribution is 0.583. The van der Waals surface area contributed by atoms with Crippen LogP contribution in [0.5, 0.6) is 0 Å². The summed E-state index contributed by atoms with van der Waals surface area (Å²) in [6.45, 7) is 4.56. The fraction of sp³-hybridized carbons (Fsp3) is 0.500. The smallest absolute Gasteiger partial charge is 0.0675 e. The minimum absolute atomic E-state index is 0.779. The van der Waals surface area contributed by atoms with Gasteiger partial charge in [-0.2, -0.15) is 5.10 Å². The summed E-state index contributed by atoms with van der Waals surface area (Å²) in [7, 11) is 2.00. The molecule has 0 N–H and O–H groups in total. The van der Waals surface area contributed by atoms with E-state index in [1.54, 1.807) is 0 Å². The first-order chi connectivity index (χ1) is 7.66. The van der Waals surface area contributed by atoms with E-state index >= 15 is 0 Å². The average Bonchev–Trinajstić information content (AvgIpc) is 2.50. The summed E-state index contributed by atoms with van der Waals surface area (Å²) in [5.41, 5.74) is 4.01. The van der Waals surface area contributed by atoms with E-state index in [9.17, 15) is 0 Å². The van der Waals surface area contributed by atoms with Gasteiger partial charge in [0, 0.05) is 12.6 Å². The second-order valence-corrected chi connectivity index (χ2v) is 4.95. The Hall–Kier alpha value is -1.31. The van der Waals surface area contributed by atoms with Crippen molar-refractivity contribution in [3.8, 4) is 0 Å². The first kappa shape index (κ1) is 11.2. The van der Waals surface area contributed by atoms with Crippen molar-refractivity contribution >= 4 is 12.2 Å². The Balaban J connectivity index is 2.18. The maximum absolute atomic E-state index is 4.29. The molecule has 0 saturated carbocycles. The molecule has 86 valence electrons. The molecule has 0 unspecified atom stereocenters. The number of hydrogen-bond donors (Lipinski definition) is 0. The van der Waals surface area contributed by atoms with Crippen LogP contribution in [0.2, 0.25) is 0 Å². The summed E-state index contributed by atoms with van der Waals surface area (Å²) in [6, 6.07) is 0. The fourth-order valence-electron chi connectivity index (χ4n) is 2.03. The van der Waals surface area contributed by atoms with Crippen molar-refractivity contribution in [1.82, 2.24) is 9.78 Å². The minimum Gasteiger partial charge on any atom is -0.268 e. The second-order valence-electron chi connectivity index (χ2n) is 4.95. The summed E-state index contributed by atoms with van der Waals surface area (Å²) in [4.78, 5) is 0. The van der Waals surface area contributed by atoms with Gasteiger partial charge in [0.25, 0.3) is 0 Å². The lowest BCUT2D eigenvalue weighted by atomic mass is 10.00. The standard InChI is InChI=1S/C14H20N2/c1-11(2)7-8-12-5-4-6-14-13(9-12)10-15-16(14)3/h4,6,9-11H,5,7-8H2,1-3H3. The highest BCUT2D eigenvalue weighted by atomic mass is 15.3. The van der Waals surface area contributed by atoms with Gasteiger partial charge in [0.2, 0.25) is 0 Å². The maximum atomic E-state index is 4.29. The Morgan fingerprint density at radius 1 is 1.44 bits per heavy atom. The number of hydrogen-bond acceptors (Lipinski definition) is 1. The molecular formula is C14H20N2.